The lowest BCUT2D eigenvalue weighted by Crippen LogP contribution is -2.35. The lowest BCUT2D eigenvalue weighted by molar-refractivity contribution is 0.102. The normalized spacial score (nSPS) is 15.1. The van der Waals surface area contributed by atoms with Gasteiger partial charge in [-0.25, -0.2) is 0 Å². The van der Waals surface area contributed by atoms with Gasteiger partial charge in [-0.2, -0.15) is 5.10 Å². The maximum Gasteiger partial charge on any atom is 0.255 e. The van der Waals surface area contributed by atoms with Crippen LogP contribution in [0.1, 0.15) is 28.8 Å². The van der Waals surface area contributed by atoms with Gasteiger partial charge in [-0.15, -0.1) is 0 Å². The first-order chi connectivity index (χ1) is 14.9. The zero-order valence-electron chi connectivity index (χ0n) is 18.1. The van der Waals surface area contributed by atoms with E-state index in [2.05, 4.69) is 22.4 Å². The van der Waals surface area contributed by atoms with Gasteiger partial charge in [0.05, 0.1) is 16.9 Å². The van der Waals surface area contributed by atoms with Gasteiger partial charge in [0.2, 0.25) is 0 Å². The Morgan fingerprint density at radius 1 is 1.16 bits per heavy atom. The first kappa shape index (κ1) is 21.4. The number of nitrogens with one attached hydrogen (secondary N) is 1. The molecule has 0 radical (unpaired) electrons. The average Bonchev–Trinajstić information content (AvgIpc) is 3.08. The topological polar surface area (TPSA) is 59.4 Å². The summed E-state index contributed by atoms with van der Waals surface area (Å²) in [7, 11) is 3.97. The summed E-state index contributed by atoms with van der Waals surface area (Å²) in [6.45, 7) is 3.99. The van der Waals surface area contributed by atoms with E-state index in [-0.39, 0.29) is 12.0 Å². The Morgan fingerprint density at radius 2 is 1.94 bits per heavy atom. The van der Waals surface area contributed by atoms with Crippen molar-refractivity contribution in [2.45, 2.75) is 25.9 Å². The van der Waals surface area contributed by atoms with Crippen molar-refractivity contribution in [2.75, 3.05) is 25.5 Å². The van der Waals surface area contributed by atoms with Crippen molar-refractivity contribution in [2.24, 2.45) is 7.05 Å². The number of anilines is 1. The van der Waals surface area contributed by atoms with Crippen LogP contribution >= 0.6 is 11.6 Å². The number of halogens is 1. The minimum Gasteiger partial charge on any atom is -0.490 e. The van der Waals surface area contributed by atoms with Crippen molar-refractivity contribution < 1.29 is 9.53 Å². The fraction of sp³-hybridized carbons (Fsp3) is 0.333. The maximum absolute atomic E-state index is 12.7. The Labute approximate surface area is 187 Å². The predicted molar refractivity (Wildman–Crippen MR) is 124 cm³/mol. The highest BCUT2D eigenvalue weighted by Crippen LogP contribution is 2.37. The molecule has 7 heteroatoms. The van der Waals surface area contributed by atoms with Crippen LogP contribution in [0, 0.1) is 6.92 Å². The number of likely N-dealkylation sites (tertiary alicyclic amines) is 1. The third kappa shape index (κ3) is 4.92. The summed E-state index contributed by atoms with van der Waals surface area (Å²) >= 11 is 6.45. The fourth-order valence-corrected chi connectivity index (χ4v) is 4.15. The minimum atomic E-state index is -0.158. The molecule has 0 unspecified atom stereocenters. The molecule has 0 atom stereocenters. The number of benzene rings is 2. The predicted octanol–water partition coefficient (Wildman–Crippen LogP) is 4.77. The number of hydrogen-bond donors (Lipinski definition) is 1. The monoisotopic (exact) mass is 438 g/mol. The zero-order valence-corrected chi connectivity index (χ0v) is 18.8. The number of rotatable bonds is 5. The Kier molecular flexibility index (Phi) is 6.30. The standard InChI is InChI=1S/C24H27ClN4O2/c1-16-5-4-6-17(13-16)24(30)27-18-7-8-22(31-19-9-11-28(2)12-10-19)20(14-18)23-21(25)15-26-29(23)3/h4-8,13-15,19H,9-12H2,1-3H3,(H,27,30). The van der Waals surface area contributed by atoms with Crippen LogP contribution in [0.2, 0.25) is 5.02 Å². The summed E-state index contributed by atoms with van der Waals surface area (Å²) in [5.41, 5.74) is 3.90. The molecule has 1 fully saturated rings. The van der Waals surface area contributed by atoms with Gasteiger partial charge < -0.3 is 15.0 Å². The van der Waals surface area contributed by atoms with Crippen LogP contribution in [0.25, 0.3) is 11.3 Å². The molecule has 0 aliphatic carbocycles. The van der Waals surface area contributed by atoms with Gasteiger partial charge in [-0.1, -0.05) is 29.3 Å². The lowest BCUT2D eigenvalue weighted by atomic mass is 10.1. The summed E-state index contributed by atoms with van der Waals surface area (Å²) in [5, 5.41) is 7.80. The van der Waals surface area contributed by atoms with E-state index < -0.39 is 0 Å². The summed E-state index contributed by atoms with van der Waals surface area (Å²) in [6, 6.07) is 13.2. The second-order valence-corrected chi connectivity index (χ2v) is 8.53. The molecule has 2 aromatic carbocycles. The molecule has 2 heterocycles. The summed E-state index contributed by atoms with van der Waals surface area (Å²) in [5.74, 6) is 0.586. The minimum absolute atomic E-state index is 0.148. The fourth-order valence-electron chi connectivity index (χ4n) is 3.88. The number of ether oxygens (including phenoxy) is 1. The number of piperidine rings is 1. The van der Waals surface area contributed by atoms with Crippen molar-refractivity contribution in [1.82, 2.24) is 14.7 Å². The molecule has 1 N–H and O–H groups in total. The zero-order chi connectivity index (χ0) is 22.0. The van der Waals surface area contributed by atoms with Crippen molar-refractivity contribution in [1.29, 1.82) is 0 Å². The van der Waals surface area contributed by atoms with Gasteiger partial charge in [0.15, 0.2) is 0 Å². The van der Waals surface area contributed by atoms with E-state index in [1.54, 1.807) is 16.9 Å². The summed E-state index contributed by atoms with van der Waals surface area (Å²) < 4.78 is 8.12. The Bertz CT molecular complexity index is 1070. The van der Waals surface area contributed by atoms with E-state index in [9.17, 15) is 4.79 Å². The molecular weight excluding hydrogens is 412 g/mol. The molecule has 1 aliphatic rings. The second-order valence-electron chi connectivity index (χ2n) is 8.12. The Balaban J connectivity index is 1.64. The SMILES string of the molecule is Cc1cccc(C(=O)Nc2ccc(OC3CCN(C)CC3)c(-c3c(Cl)cnn3C)c2)c1. The first-order valence-electron chi connectivity index (χ1n) is 10.5. The van der Waals surface area contributed by atoms with Gasteiger partial charge in [0, 0.05) is 37.0 Å². The molecule has 1 amide bonds. The summed E-state index contributed by atoms with van der Waals surface area (Å²) in [4.78, 5) is 15.0. The second kappa shape index (κ2) is 9.12. The largest absolute Gasteiger partial charge is 0.490 e. The van der Waals surface area contributed by atoms with Crippen molar-refractivity contribution in [3.8, 4) is 17.0 Å². The van der Waals surface area contributed by atoms with E-state index >= 15 is 0 Å². The molecule has 6 nitrogen and oxygen atoms in total. The van der Waals surface area contributed by atoms with E-state index in [4.69, 9.17) is 16.3 Å². The number of aromatic nitrogens is 2. The highest BCUT2D eigenvalue weighted by molar-refractivity contribution is 6.33. The van der Waals surface area contributed by atoms with Crippen molar-refractivity contribution in [3.05, 3.63) is 64.8 Å². The van der Waals surface area contributed by atoms with Crippen molar-refractivity contribution in [3.63, 3.8) is 0 Å². The van der Waals surface area contributed by atoms with Gasteiger partial charge in [-0.05, 0) is 57.1 Å². The van der Waals surface area contributed by atoms with E-state index in [1.165, 1.54) is 0 Å². The van der Waals surface area contributed by atoms with E-state index in [0.717, 1.165) is 48.5 Å². The van der Waals surface area contributed by atoms with Crippen LogP contribution in [0.3, 0.4) is 0 Å². The van der Waals surface area contributed by atoms with Gasteiger partial charge >= 0.3 is 0 Å². The molecule has 0 bridgehead atoms. The smallest absolute Gasteiger partial charge is 0.255 e. The summed E-state index contributed by atoms with van der Waals surface area (Å²) in [6.07, 6.45) is 3.71. The van der Waals surface area contributed by atoms with Gasteiger partial charge in [-0.3, -0.25) is 9.48 Å². The molecule has 3 aromatic rings. The molecule has 31 heavy (non-hydrogen) atoms. The number of nitrogens with zero attached hydrogens (tertiary/aromatic N) is 3. The number of hydrogen-bond acceptors (Lipinski definition) is 4. The van der Waals surface area contributed by atoms with Crippen LogP contribution < -0.4 is 10.1 Å². The number of amides is 1. The molecule has 1 aromatic heterocycles. The highest BCUT2D eigenvalue weighted by atomic mass is 35.5. The molecule has 0 saturated carbocycles. The van der Waals surface area contributed by atoms with Crippen LogP contribution in [-0.4, -0.2) is 46.8 Å². The quantitative estimate of drug-likeness (QED) is 0.623. The average molecular weight is 439 g/mol. The third-order valence-corrected chi connectivity index (χ3v) is 5.90. The molecule has 162 valence electrons. The van der Waals surface area contributed by atoms with Gasteiger partial charge in [0.1, 0.15) is 11.9 Å². The third-order valence-electron chi connectivity index (χ3n) is 5.63. The lowest BCUT2D eigenvalue weighted by Gasteiger charge is -2.30. The Hall–Kier alpha value is -2.83. The number of aryl methyl sites for hydroxylation is 2. The first-order valence-corrected chi connectivity index (χ1v) is 10.8. The van der Waals surface area contributed by atoms with Crippen LogP contribution in [0.5, 0.6) is 5.75 Å². The molecular formula is C24H27ClN4O2. The van der Waals surface area contributed by atoms with E-state index in [1.807, 2.05) is 50.4 Å². The van der Waals surface area contributed by atoms with E-state index in [0.29, 0.717) is 16.3 Å². The van der Waals surface area contributed by atoms with Crippen molar-refractivity contribution >= 4 is 23.2 Å². The molecule has 1 saturated heterocycles. The highest BCUT2D eigenvalue weighted by Gasteiger charge is 2.22. The molecule has 1 aliphatic heterocycles. The van der Waals surface area contributed by atoms with Crippen LogP contribution in [0.15, 0.2) is 48.7 Å². The van der Waals surface area contributed by atoms with Crippen LogP contribution in [0.4, 0.5) is 5.69 Å². The molecule has 4 rings (SSSR count). The number of carbonyl (C=O) groups is 1. The van der Waals surface area contributed by atoms with Gasteiger partial charge in [0.25, 0.3) is 5.91 Å². The van der Waals surface area contributed by atoms with Crippen LogP contribution in [-0.2, 0) is 7.05 Å². The maximum atomic E-state index is 12.7. The Morgan fingerprint density at radius 3 is 2.61 bits per heavy atom. The molecule has 0 spiro atoms. The number of carbonyl (C=O) groups excluding carboxylic acids is 1.